The van der Waals surface area contributed by atoms with Crippen molar-refractivity contribution in [1.82, 2.24) is 25.0 Å². The minimum Gasteiger partial charge on any atom is -0.334 e. The number of piperidine rings is 1. The molecule has 0 aliphatic carbocycles. The number of rotatable bonds is 6. The largest absolute Gasteiger partial charge is 0.334 e. The molecule has 1 N–H and O–H groups in total. The van der Waals surface area contributed by atoms with Crippen molar-refractivity contribution in [1.29, 1.82) is 0 Å². The predicted octanol–water partition coefficient (Wildman–Crippen LogP) is 3.49. The zero-order chi connectivity index (χ0) is 19.9. The molecule has 0 spiro atoms. The lowest BCUT2D eigenvalue weighted by Gasteiger charge is -2.32. The third-order valence-corrected chi connectivity index (χ3v) is 5.55. The van der Waals surface area contributed by atoms with Crippen LogP contribution in [-0.2, 0) is 19.5 Å². The second kappa shape index (κ2) is 9.37. The minimum atomic E-state index is 0.0369. The Morgan fingerprint density at radius 2 is 1.69 bits per heavy atom. The summed E-state index contributed by atoms with van der Waals surface area (Å²) in [4.78, 5) is 18.4. The SMILES string of the molecule is O=C(NCc1ccc(Cn2cncn2)cc1)N1CCC(Cc2ccccc2)CC1. The van der Waals surface area contributed by atoms with Crippen LogP contribution in [0.2, 0.25) is 0 Å². The van der Waals surface area contributed by atoms with Crippen molar-refractivity contribution < 1.29 is 4.79 Å². The summed E-state index contributed by atoms with van der Waals surface area (Å²) in [6, 6.07) is 18.9. The number of aromatic nitrogens is 3. The maximum atomic E-state index is 12.5. The first kappa shape index (κ1) is 19.2. The van der Waals surface area contributed by atoms with Crippen LogP contribution in [0.5, 0.6) is 0 Å². The van der Waals surface area contributed by atoms with Crippen LogP contribution in [0.4, 0.5) is 4.79 Å². The minimum absolute atomic E-state index is 0.0369. The van der Waals surface area contributed by atoms with Gasteiger partial charge in [-0.3, -0.25) is 0 Å². The fourth-order valence-corrected chi connectivity index (χ4v) is 3.84. The van der Waals surface area contributed by atoms with E-state index in [9.17, 15) is 4.79 Å². The van der Waals surface area contributed by atoms with Gasteiger partial charge in [0.15, 0.2) is 0 Å². The molecule has 0 radical (unpaired) electrons. The quantitative estimate of drug-likeness (QED) is 0.702. The summed E-state index contributed by atoms with van der Waals surface area (Å²) >= 11 is 0. The number of carbonyl (C=O) groups is 1. The third-order valence-electron chi connectivity index (χ3n) is 5.55. The van der Waals surface area contributed by atoms with Gasteiger partial charge in [0.2, 0.25) is 0 Å². The van der Waals surface area contributed by atoms with E-state index in [0.29, 0.717) is 19.0 Å². The zero-order valence-corrected chi connectivity index (χ0v) is 16.6. The van der Waals surface area contributed by atoms with E-state index in [1.807, 2.05) is 4.90 Å². The molecule has 2 heterocycles. The summed E-state index contributed by atoms with van der Waals surface area (Å²) in [7, 11) is 0. The molecule has 2 amide bonds. The molecule has 0 unspecified atom stereocenters. The molecule has 2 aromatic carbocycles. The van der Waals surface area contributed by atoms with Gasteiger partial charge >= 0.3 is 6.03 Å². The molecule has 1 aromatic heterocycles. The van der Waals surface area contributed by atoms with E-state index in [1.165, 1.54) is 11.9 Å². The Labute approximate surface area is 171 Å². The van der Waals surface area contributed by atoms with Gasteiger partial charge in [-0.25, -0.2) is 14.5 Å². The summed E-state index contributed by atoms with van der Waals surface area (Å²) in [6.45, 7) is 2.91. The highest BCUT2D eigenvalue weighted by molar-refractivity contribution is 5.74. The fraction of sp³-hybridized carbons (Fsp3) is 0.348. The third kappa shape index (κ3) is 5.44. The summed E-state index contributed by atoms with van der Waals surface area (Å²) in [5.74, 6) is 0.666. The number of nitrogens with zero attached hydrogens (tertiary/aromatic N) is 4. The van der Waals surface area contributed by atoms with Crippen molar-refractivity contribution in [2.75, 3.05) is 13.1 Å². The van der Waals surface area contributed by atoms with Crippen LogP contribution in [0.15, 0.2) is 67.3 Å². The second-order valence-electron chi connectivity index (χ2n) is 7.69. The van der Waals surface area contributed by atoms with E-state index < -0.39 is 0 Å². The van der Waals surface area contributed by atoms with E-state index in [2.05, 4.69) is 70.0 Å². The summed E-state index contributed by atoms with van der Waals surface area (Å²) in [5.41, 5.74) is 3.65. The van der Waals surface area contributed by atoms with Gasteiger partial charge in [-0.1, -0.05) is 54.6 Å². The van der Waals surface area contributed by atoms with Crippen LogP contribution in [0, 0.1) is 5.92 Å². The van der Waals surface area contributed by atoms with E-state index >= 15 is 0 Å². The van der Waals surface area contributed by atoms with Crippen molar-refractivity contribution >= 4 is 6.03 Å². The maximum Gasteiger partial charge on any atom is 0.317 e. The molecule has 4 rings (SSSR count). The Balaban J connectivity index is 1.20. The maximum absolute atomic E-state index is 12.5. The number of benzene rings is 2. The van der Waals surface area contributed by atoms with Crippen molar-refractivity contribution in [3.63, 3.8) is 0 Å². The number of amides is 2. The first-order valence-electron chi connectivity index (χ1n) is 10.2. The van der Waals surface area contributed by atoms with Gasteiger partial charge in [-0.15, -0.1) is 0 Å². The number of hydrogen-bond acceptors (Lipinski definition) is 3. The van der Waals surface area contributed by atoms with Crippen LogP contribution in [-0.4, -0.2) is 38.8 Å². The lowest BCUT2D eigenvalue weighted by molar-refractivity contribution is 0.170. The molecule has 6 heteroatoms. The van der Waals surface area contributed by atoms with Crippen molar-refractivity contribution in [2.24, 2.45) is 5.92 Å². The number of likely N-dealkylation sites (tertiary alicyclic amines) is 1. The van der Waals surface area contributed by atoms with Gasteiger partial charge in [0.1, 0.15) is 12.7 Å². The van der Waals surface area contributed by atoms with Crippen molar-refractivity contribution in [2.45, 2.75) is 32.4 Å². The van der Waals surface area contributed by atoms with Gasteiger partial charge in [-0.2, -0.15) is 5.10 Å². The van der Waals surface area contributed by atoms with Crippen LogP contribution in [0.25, 0.3) is 0 Å². The zero-order valence-electron chi connectivity index (χ0n) is 16.6. The molecule has 1 aliphatic heterocycles. The summed E-state index contributed by atoms with van der Waals surface area (Å²) in [5, 5.41) is 7.17. The number of carbonyl (C=O) groups excluding carboxylic acids is 1. The molecular weight excluding hydrogens is 362 g/mol. The van der Waals surface area contributed by atoms with Gasteiger partial charge in [0.05, 0.1) is 6.54 Å². The van der Waals surface area contributed by atoms with Crippen molar-refractivity contribution in [3.8, 4) is 0 Å². The Bertz CT molecular complexity index is 885. The second-order valence-corrected chi connectivity index (χ2v) is 7.69. The molecule has 1 aliphatic rings. The van der Waals surface area contributed by atoms with Crippen LogP contribution in [0.1, 0.15) is 29.5 Å². The standard InChI is InChI=1S/C23H27N5O/c29-23(27-12-10-20(11-13-27)14-19-4-2-1-3-5-19)25-15-21-6-8-22(9-7-21)16-28-18-24-17-26-28/h1-9,17-18,20H,10-16H2,(H,25,29). The number of nitrogens with one attached hydrogen (secondary N) is 1. The topological polar surface area (TPSA) is 63.1 Å². The smallest absolute Gasteiger partial charge is 0.317 e. The monoisotopic (exact) mass is 389 g/mol. The highest BCUT2D eigenvalue weighted by atomic mass is 16.2. The lowest BCUT2D eigenvalue weighted by atomic mass is 9.90. The normalized spacial score (nSPS) is 14.7. The number of hydrogen-bond donors (Lipinski definition) is 1. The Morgan fingerprint density at radius 3 is 2.38 bits per heavy atom. The molecule has 0 saturated carbocycles. The van der Waals surface area contributed by atoms with Gasteiger partial charge in [0, 0.05) is 19.6 Å². The van der Waals surface area contributed by atoms with Gasteiger partial charge in [0.25, 0.3) is 0 Å². The Hall–Kier alpha value is -3.15. The van der Waals surface area contributed by atoms with E-state index in [4.69, 9.17) is 0 Å². The molecule has 6 nitrogen and oxygen atoms in total. The van der Waals surface area contributed by atoms with Crippen LogP contribution in [0.3, 0.4) is 0 Å². The first-order valence-corrected chi connectivity index (χ1v) is 10.2. The summed E-state index contributed by atoms with van der Waals surface area (Å²) in [6.07, 6.45) is 6.49. The first-order chi connectivity index (χ1) is 14.3. The number of urea groups is 1. The average molecular weight is 390 g/mol. The fourth-order valence-electron chi connectivity index (χ4n) is 3.84. The van der Waals surface area contributed by atoms with Crippen LogP contribution < -0.4 is 5.32 Å². The Kier molecular flexibility index (Phi) is 6.19. The molecule has 1 fully saturated rings. The van der Waals surface area contributed by atoms with Crippen LogP contribution >= 0.6 is 0 Å². The van der Waals surface area contributed by atoms with Crippen molar-refractivity contribution in [3.05, 3.63) is 83.9 Å². The highest BCUT2D eigenvalue weighted by Crippen LogP contribution is 2.21. The molecule has 150 valence electrons. The molecule has 0 bridgehead atoms. The molecule has 1 saturated heterocycles. The molecule has 29 heavy (non-hydrogen) atoms. The van der Waals surface area contributed by atoms with E-state index in [-0.39, 0.29) is 6.03 Å². The van der Waals surface area contributed by atoms with E-state index in [1.54, 1.807) is 11.0 Å². The molecule has 3 aromatic rings. The lowest BCUT2D eigenvalue weighted by Crippen LogP contribution is -2.44. The highest BCUT2D eigenvalue weighted by Gasteiger charge is 2.22. The Morgan fingerprint density at radius 1 is 0.966 bits per heavy atom. The predicted molar refractivity (Wildman–Crippen MR) is 112 cm³/mol. The molecule has 0 atom stereocenters. The van der Waals surface area contributed by atoms with E-state index in [0.717, 1.165) is 43.5 Å². The van der Waals surface area contributed by atoms with Gasteiger partial charge < -0.3 is 10.2 Å². The van der Waals surface area contributed by atoms with Gasteiger partial charge in [-0.05, 0) is 41.9 Å². The summed E-state index contributed by atoms with van der Waals surface area (Å²) < 4.78 is 1.79. The average Bonchev–Trinajstić information content (AvgIpc) is 3.27. The molecular formula is C23H27N5O.